The maximum atomic E-state index is 10.5. The highest BCUT2D eigenvalue weighted by Gasteiger charge is 1.97. The van der Waals surface area contributed by atoms with Crippen LogP contribution in [0.25, 0.3) is 12.2 Å². The molecule has 0 saturated carbocycles. The summed E-state index contributed by atoms with van der Waals surface area (Å²) in [5.41, 5.74) is 2.83. The van der Waals surface area contributed by atoms with Gasteiger partial charge in [0.05, 0.1) is 0 Å². The van der Waals surface area contributed by atoms with Gasteiger partial charge < -0.3 is 5.11 Å². The summed E-state index contributed by atoms with van der Waals surface area (Å²) >= 11 is 0. The summed E-state index contributed by atoms with van der Waals surface area (Å²) in [6.07, 6.45) is 8.72. The van der Waals surface area contributed by atoms with Crippen molar-refractivity contribution in [1.82, 2.24) is 0 Å². The van der Waals surface area contributed by atoms with E-state index in [-0.39, 0.29) is 6.61 Å². The van der Waals surface area contributed by atoms with E-state index in [4.69, 9.17) is 5.11 Å². The van der Waals surface area contributed by atoms with Crippen LogP contribution in [0, 0.1) is 0 Å². The number of hydrogen-bond acceptors (Lipinski definition) is 2. The number of benzene rings is 1. The van der Waals surface area contributed by atoms with Gasteiger partial charge in [-0.1, -0.05) is 36.4 Å². The Balaban J connectivity index is 2.06. The number of carbonyl (C=O) groups excluding carboxylic acids is 1. The Hall–Kier alpha value is -2.26. The Kier molecular flexibility index (Phi) is 4.59. The number of aromatic nitrogens is 1. The minimum absolute atomic E-state index is 0.142. The molecule has 96 valence electrons. The summed E-state index contributed by atoms with van der Waals surface area (Å²) < 4.78 is 1.93. The maximum absolute atomic E-state index is 10.5. The van der Waals surface area contributed by atoms with Crippen molar-refractivity contribution >= 4 is 18.4 Å². The second kappa shape index (κ2) is 6.61. The lowest BCUT2D eigenvalue weighted by atomic mass is 10.1. The Labute approximate surface area is 112 Å². The smallest absolute Gasteiger partial charge is 0.171 e. The first-order chi connectivity index (χ1) is 9.31. The van der Waals surface area contributed by atoms with E-state index in [1.807, 2.05) is 53.4 Å². The van der Waals surface area contributed by atoms with E-state index in [0.717, 1.165) is 17.4 Å². The number of pyridine rings is 1. The van der Waals surface area contributed by atoms with Crippen molar-refractivity contribution in [3.63, 3.8) is 0 Å². The number of hydrogen-bond donors (Lipinski definition) is 1. The topological polar surface area (TPSA) is 41.2 Å². The van der Waals surface area contributed by atoms with Crippen LogP contribution in [0.5, 0.6) is 0 Å². The van der Waals surface area contributed by atoms with Crippen LogP contribution in [0.3, 0.4) is 0 Å². The van der Waals surface area contributed by atoms with E-state index in [1.165, 1.54) is 0 Å². The lowest BCUT2D eigenvalue weighted by Gasteiger charge is -1.96. The van der Waals surface area contributed by atoms with E-state index in [2.05, 4.69) is 0 Å². The van der Waals surface area contributed by atoms with Gasteiger partial charge in [0, 0.05) is 17.7 Å². The minimum atomic E-state index is 0.142. The Morgan fingerprint density at radius 2 is 1.42 bits per heavy atom. The van der Waals surface area contributed by atoms with Gasteiger partial charge in [-0.25, -0.2) is 4.57 Å². The molecule has 3 nitrogen and oxygen atoms in total. The van der Waals surface area contributed by atoms with Crippen molar-refractivity contribution in [3.8, 4) is 0 Å². The fourth-order valence-electron chi connectivity index (χ4n) is 1.72. The number of aliphatic hydroxyl groups excluding tert-OH is 1. The maximum Gasteiger partial charge on any atom is 0.171 e. The van der Waals surface area contributed by atoms with Crippen molar-refractivity contribution in [3.05, 3.63) is 65.5 Å². The summed E-state index contributed by atoms with van der Waals surface area (Å²) in [5, 5.41) is 8.82. The third-order valence-corrected chi connectivity index (χ3v) is 2.82. The fraction of sp³-hybridized carbons (Fsp3) is 0.125. The quantitative estimate of drug-likeness (QED) is 0.654. The first kappa shape index (κ1) is 13.2. The van der Waals surface area contributed by atoms with Gasteiger partial charge in [-0.05, 0) is 11.1 Å². The molecule has 1 heterocycles. The highest BCUT2D eigenvalue weighted by molar-refractivity contribution is 5.76. The summed E-state index contributed by atoms with van der Waals surface area (Å²) in [7, 11) is 0. The first-order valence-corrected chi connectivity index (χ1v) is 6.15. The van der Waals surface area contributed by atoms with Crippen molar-refractivity contribution in [2.24, 2.45) is 0 Å². The fourth-order valence-corrected chi connectivity index (χ4v) is 1.72. The predicted molar refractivity (Wildman–Crippen MR) is 74.5 cm³/mol. The van der Waals surface area contributed by atoms with E-state index < -0.39 is 0 Å². The van der Waals surface area contributed by atoms with Crippen molar-refractivity contribution in [2.75, 3.05) is 6.61 Å². The van der Waals surface area contributed by atoms with Crippen molar-refractivity contribution in [1.29, 1.82) is 0 Å². The minimum Gasteiger partial charge on any atom is -0.390 e. The van der Waals surface area contributed by atoms with Crippen LogP contribution in [0.4, 0.5) is 0 Å². The van der Waals surface area contributed by atoms with Gasteiger partial charge in [-0.15, -0.1) is 0 Å². The Bertz CT molecular complexity index is 556. The molecular formula is C16H16NO2+. The molecule has 0 atom stereocenters. The average Bonchev–Trinajstić information content (AvgIpc) is 2.47. The van der Waals surface area contributed by atoms with Gasteiger partial charge in [0.2, 0.25) is 0 Å². The molecule has 2 aromatic rings. The molecule has 1 aromatic carbocycles. The molecule has 0 aliphatic heterocycles. The number of aliphatic hydroxyl groups is 1. The molecular weight excluding hydrogens is 238 g/mol. The highest BCUT2D eigenvalue weighted by atomic mass is 16.3. The Morgan fingerprint density at radius 1 is 0.895 bits per heavy atom. The van der Waals surface area contributed by atoms with Crippen LogP contribution in [0.2, 0.25) is 0 Å². The summed E-state index contributed by atoms with van der Waals surface area (Å²) in [6.45, 7) is 0.750. The third-order valence-electron chi connectivity index (χ3n) is 2.82. The monoisotopic (exact) mass is 254 g/mol. The average molecular weight is 254 g/mol. The number of rotatable bonds is 5. The molecule has 0 radical (unpaired) electrons. The molecule has 1 N–H and O–H groups in total. The molecule has 0 fully saturated rings. The van der Waals surface area contributed by atoms with Crippen molar-refractivity contribution in [2.45, 2.75) is 6.54 Å². The molecule has 0 spiro atoms. The lowest BCUT2D eigenvalue weighted by molar-refractivity contribution is -0.698. The summed E-state index contributed by atoms with van der Waals surface area (Å²) in [4.78, 5) is 10.5. The molecule has 0 saturated heterocycles. The van der Waals surface area contributed by atoms with Crippen LogP contribution in [0.1, 0.15) is 21.5 Å². The van der Waals surface area contributed by atoms with Crippen LogP contribution < -0.4 is 4.57 Å². The molecule has 0 aliphatic rings. The van der Waals surface area contributed by atoms with Gasteiger partial charge in [-0.2, -0.15) is 0 Å². The standard InChI is InChI=1S/C16H16NO2/c18-12-11-17-9-7-15(8-10-17)2-1-14-3-5-16(13-19)6-4-14/h1-10,13,18H,11-12H2/q+1/b2-1+. The van der Waals surface area contributed by atoms with Gasteiger partial charge in [-0.3, -0.25) is 4.79 Å². The molecule has 3 heteroatoms. The van der Waals surface area contributed by atoms with Gasteiger partial charge in [0.25, 0.3) is 0 Å². The molecule has 2 rings (SSSR count). The third kappa shape index (κ3) is 3.86. The lowest BCUT2D eigenvalue weighted by Crippen LogP contribution is -2.34. The van der Waals surface area contributed by atoms with Crippen LogP contribution in [-0.4, -0.2) is 18.0 Å². The number of nitrogens with zero attached hydrogens (tertiary/aromatic N) is 1. The Morgan fingerprint density at radius 3 is 1.95 bits per heavy atom. The first-order valence-electron chi connectivity index (χ1n) is 6.15. The largest absolute Gasteiger partial charge is 0.390 e. The van der Waals surface area contributed by atoms with Crippen molar-refractivity contribution < 1.29 is 14.5 Å². The van der Waals surface area contributed by atoms with Gasteiger partial charge in [0.1, 0.15) is 12.9 Å². The highest BCUT2D eigenvalue weighted by Crippen LogP contribution is 2.08. The van der Waals surface area contributed by atoms with E-state index in [9.17, 15) is 4.79 Å². The molecule has 19 heavy (non-hydrogen) atoms. The molecule has 0 aliphatic carbocycles. The van der Waals surface area contributed by atoms with E-state index in [0.29, 0.717) is 12.1 Å². The summed E-state index contributed by atoms with van der Waals surface area (Å²) in [6, 6.07) is 11.4. The van der Waals surface area contributed by atoms with Crippen LogP contribution in [0.15, 0.2) is 48.8 Å². The second-order valence-electron chi connectivity index (χ2n) is 4.21. The molecule has 1 aromatic heterocycles. The van der Waals surface area contributed by atoms with Crippen LogP contribution >= 0.6 is 0 Å². The second-order valence-corrected chi connectivity index (χ2v) is 4.21. The van der Waals surface area contributed by atoms with E-state index in [1.54, 1.807) is 12.1 Å². The summed E-state index contributed by atoms with van der Waals surface area (Å²) in [5.74, 6) is 0. The zero-order valence-corrected chi connectivity index (χ0v) is 10.6. The SMILES string of the molecule is O=Cc1ccc(/C=C/c2cc[n+](CCO)cc2)cc1. The zero-order chi connectivity index (χ0) is 13.5. The van der Waals surface area contributed by atoms with Crippen LogP contribution in [-0.2, 0) is 6.54 Å². The molecule has 0 unspecified atom stereocenters. The predicted octanol–water partition coefficient (Wildman–Crippen LogP) is 1.95. The number of carbonyl (C=O) groups is 1. The van der Waals surface area contributed by atoms with Gasteiger partial charge in [0.15, 0.2) is 18.9 Å². The molecule has 0 bridgehead atoms. The number of aldehydes is 1. The molecule has 0 amide bonds. The van der Waals surface area contributed by atoms with Gasteiger partial charge >= 0.3 is 0 Å². The zero-order valence-electron chi connectivity index (χ0n) is 10.6. The van der Waals surface area contributed by atoms with E-state index >= 15 is 0 Å². The normalized spacial score (nSPS) is 10.8.